The Bertz CT molecular complexity index is 184. The van der Waals surface area contributed by atoms with Crippen LogP contribution in [0.3, 0.4) is 0 Å². The van der Waals surface area contributed by atoms with E-state index < -0.39 is 30.1 Å². The maximum atomic E-state index is 10.5. The fraction of sp³-hybridized carbons (Fsp3) is 0.857. The van der Waals surface area contributed by atoms with Crippen molar-refractivity contribution >= 4 is 5.97 Å². The van der Waals surface area contributed by atoms with E-state index in [1.165, 1.54) is 0 Å². The molecule has 0 saturated heterocycles. The van der Waals surface area contributed by atoms with Gasteiger partial charge in [0.2, 0.25) is 0 Å². The van der Waals surface area contributed by atoms with Gasteiger partial charge in [0.15, 0.2) is 0 Å². The van der Waals surface area contributed by atoms with Gasteiger partial charge in [-0.2, -0.15) is 0 Å². The van der Waals surface area contributed by atoms with Crippen LogP contribution in [0.4, 0.5) is 0 Å². The van der Waals surface area contributed by atoms with Crippen molar-refractivity contribution in [1.29, 1.82) is 0 Å². The molecule has 1 rings (SSSR count). The monoisotopic (exact) mass is 175 g/mol. The van der Waals surface area contributed by atoms with Crippen molar-refractivity contribution in [2.24, 2.45) is 11.7 Å². The lowest BCUT2D eigenvalue weighted by atomic mass is 9.81. The minimum Gasteiger partial charge on any atom is -0.481 e. The van der Waals surface area contributed by atoms with Gasteiger partial charge in [0.1, 0.15) is 0 Å². The van der Waals surface area contributed by atoms with Crippen LogP contribution in [0.25, 0.3) is 0 Å². The molecule has 1 aliphatic carbocycles. The van der Waals surface area contributed by atoms with Crippen LogP contribution in [0.5, 0.6) is 0 Å². The number of carboxylic acids is 1. The van der Waals surface area contributed by atoms with Crippen LogP contribution in [0.15, 0.2) is 0 Å². The highest BCUT2D eigenvalue weighted by atomic mass is 16.4. The second-order valence-corrected chi connectivity index (χ2v) is 3.16. The quantitative estimate of drug-likeness (QED) is 0.389. The van der Waals surface area contributed by atoms with Crippen molar-refractivity contribution in [3.05, 3.63) is 0 Å². The summed E-state index contributed by atoms with van der Waals surface area (Å²) in [5.74, 6) is -1.74. The van der Waals surface area contributed by atoms with E-state index >= 15 is 0 Å². The molecule has 0 heterocycles. The van der Waals surface area contributed by atoms with Crippen LogP contribution in [-0.4, -0.2) is 39.5 Å². The lowest BCUT2D eigenvalue weighted by molar-refractivity contribution is -0.147. The van der Waals surface area contributed by atoms with Gasteiger partial charge in [-0.05, 0) is 12.8 Å². The number of aliphatic carboxylic acids is 1. The van der Waals surface area contributed by atoms with Gasteiger partial charge in [0.05, 0.1) is 18.1 Å². The Kier molecular flexibility index (Phi) is 2.66. The summed E-state index contributed by atoms with van der Waals surface area (Å²) in [6, 6.07) is -0.855. The van der Waals surface area contributed by atoms with E-state index in [0.717, 1.165) is 0 Å². The number of carbonyl (C=O) groups is 1. The molecule has 0 bridgehead atoms. The number of aliphatic hydroxyl groups is 2. The molecule has 0 aromatic rings. The summed E-state index contributed by atoms with van der Waals surface area (Å²) < 4.78 is 0. The summed E-state index contributed by atoms with van der Waals surface area (Å²) in [6.07, 6.45) is -1.36. The molecule has 0 unspecified atom stereocenters. The first-order valence-corrected chi connectivity index (χ1v) is 3.88. The van der Waals surface area contributed by atoms with Crippen LogP contribution in [0.2, 0.25) is 0 Å². The van der Waals surface area contributed by atoms with Crippen molar-refractivity contribution in [2.75, 3.05) is 0 Å². The number of hydrogen-bond donors (Lipinski definition) is 4. The van der Waals surface area contributed by atoms with E-state index in [4.69, 9.17) is 15.9 Å². The molecule has 5 N–H and O–H groups in total. The van der Waals surface area contributed by atoms with Crippen LogP contribution in [0, 0.1) is 5.92 Å². The molecule has 0 aromatic heterocycles. The lowest BCUT2D eigenvalue weighted by Gasteiger charge is -2.33. The number of nitrogens with two attached hydrogens (primary N) is 1. The normalized spacial score (nSPS) is 42.6. The average molecular weight is 175 g/mol. The van der Waals surface area contributed by atoms with Gasteiger partial charge in [-0.25, -0.2) is 0 Å². The zero-order chi connectivity index (χ0) is 9.30. The third-order valence-electron chi connectivity index (χ3n) is 2.34. The van der Waals surface area contributed by atoms with E-state index in [-0.39, 0.29) is 0 Å². The van der Waals surface area contributed by atoms with Crippen molar-refractivity contribution in [3.8, 4) is 0 Å². The highest BCUT2D eigenvalue weighted by molar-refractivity contribution is 5.71. The molecule has 0 aliphatic heterocycles. The van der Waals surface area contributed by atoms with Crippen LogP contribution in [0.1, 0.15) is 12.8 Å². The van der Waals surface area contributed by atoms with E-state index in [0.29, 0.717) is 12.8 Å². The van der Waals surface area contributed by atoms with Gasteiger partial charge in [0.25, 0.3) is 0 Å². The molecule has 70 valence electrons. The number of rotatable bonds is 1. The molecule has 5 heteroatoms. The molecule has 0 spiro atoms. The molecule has 4 atom stereocenters. The second kappa shape index (κ2) is 3.38. The van der Waals surface area contributed by atoms with Gasteiger partial charge >= 0.3 is 5.97 Å². The SMILES string of the molecule is N[C@H]1[C@H](O)[C@H](O)CC[C@H]1C(=O)O. The Morgan fingerprint density at radius 2 is 1.92 bits per heavy atom. The van der Waals surface area contributed by atoms with Gasteiger partial charge in [-0.1, -0.05) is 0 Å². The largest absolute Gasteiger partial charge is 0.481 e. The molecule has 0 radical (unpaired) electrons. The van der Waals surface area contributed by atoms with Crippen molar-refractivity contribution in [1.82, 2.24) is 0 Å². The molecule has 12 heavy (non-hydrogen) atoms. The van der Waals surface area contributed by atoms with Crippen LogP contribution < -0.4 is 5.73 Å². The summed E-state index contributed by atoms with van der Waals surface area (Å²) >= 11 is 0. The molecule has 1 aliphatic rings. The van der Waals surface area contributed by atoms with Crippen LogP contribution in [-0.2, 0) is 4.79 Å². The average Bonchev–Trinajstić information content (AvgIpc) is 2.00. The van der Waals surface area contributed by atoms with Gasteiger partial charge in [0, 0.05) is 6.04 Å². The second-order valence-electron chi connectivity index (χ2n) is 3.16. The Morgan fingerprint density at radius 1 is 1.33 bits per heavy atom. The Hall–Kier alpha value is -0.650. The Balaban J connectivity index is 2.65. The molecular weight excluding hydrogens is 162 g/mol. The fourth-order valence-corrected chi connectivity index (χ4v) is 1.50. The van der Waals surface area contributed by atoms with Crippen molar-refractivity contribution in [3.63, 3.8) is 0 Å². The number of aliphatic hydroxyl groups excluding tert-OH is 2. The van der Waals surface area contributed by atoms with Crippen LogP contribution >= 0.6 is 0 Å². The van der Waals surface area contributed by atoms with Gasteiger partial charge < -0.3 is 21.1 Å². The van der Waals surface area contributed by atoms with E-state index in [1.54, 1.807) is 0 Å². The number of hydrogen-bond acceptors (Lipinski definition) is 4. The Morgan fingerprint density at radius 3 is 2.42 bits per heavy atom. The fourth-order valence-electron chi connectivity index (χ4n) is 1.50. The summed E-state index contributed by atoms with van der Waals surface area (Å²) in [5, 5.41) is 27.0. The summed E-state index contributed by atoms with van der Waals surface area (Å²) in [6.45, 7) is 0. The minimum atomic E-state index is -1.11. The van der Waals surface area contributed by atoms with E-state index in [1.807, 2.05) is 0 Å². The predicted octanol–water partition coefficient (Wildman–Crippen LogP) is -1.47. The Labute approximate surface area is 69.8 Å². The first-order valence-electron chi connectivity index (χ1n) is 3.88. The van der Waals surface area contributed by atoms with E-state index in [9.17, 15) is 9.90 Å². The van der Waals surface area contributed by atoms with E-state index in [2.05, 4.69) is 0 Å². The summed E-state index contributed by atoms with van der Waals surface area (Å²) in [7, 11) is 0. The zero-order valence-corrected chi connectivity index (χ0v) is 6.55. The predicted molar refractivity (Wildman–Crippen MR) is 40.3 cm³/mol. The molecule has 0 amide bonds. The van der Waals surface area contributed by atoms with Gasteiger partial charge in [-0.3, -0.25) is 4.79 Å². The zero-order valence-electron chi connectivity index (χ0n) is 6.55. The van der Waals surface area contributed by atoms with Crippen molar-refractivity contribution < 1.29 is 20.1 Å². The maximum Gasteiger partial charge on any atom is 0.308 e. The molecule has 5 nitrogen and oxygen atoms in total. The molecule has 1 fully saturated rings. The summed E-state index contributed by atoms with van der Waals surface area (Å²) in [5.41, 5.74) is 5.42. The van der Waals surface area contributed by atoms with Gasteiger partial charge in [-0.15, -0.1) is 0 Å². The topological polar surface area (TPSA) is 104 Å². The first-order chi connectivity index (χ1) is 5.54. The third kappa shape index (κ3) is 1.57. The highest BCUT2D eigenvalue weighted by Gasteiger charge is 2.38. The molecule has 1 saturated carbocycles. The smallest absolute Gasteiger partial charge is 0.308 e. The first kappa shape index (κ1) is 9.44. The molecule has 0 aromatic carbocycles. The third-order valence-corrected chi connectivity index (χ3v) is 2.34. The lowest BCUT2D eigenvalue weighted by Crippen LogP contribution is -2.53. The minimum absolute atomic E-state index is 0.297. The summed E-state index contributed by atoms with van der Waals surface area (Å²) in [4.78, 5) is 10.5. The highest BCUT2D eigenvalue weighted by Crippen LogP contribution is 2.23. The molecular formula is C7H13NO4. The van der Waals surface area contributed by atoms with Crippen molar-refractivity contribution in [2.45, 2.75) is 31.1 Å². The maximum absolute atomic E-state index is 10.5. The standard InChI is InChI=1S/C7H13NO4/c8-5-3(7(11)12)1-2-4(9)6(5)10/h3-6,9-10H,1-2,8H2,(H,11,12)/t3-,4-,5-,6-/m1/s1. The number of carboxylic acid groups (broad SMARTS) is 1.